The summed E-state index contributed by atoms with van der Waals surface area (Å²) in [5.41, 5.74) is -0.837. The molecule has 112 valence electrons. The number of carboxylic acid groups (broad SMARTS) is 1. The smallest absolute Gasteiger partial charge is 0.323 e. The van der Waals surface area contributed by atoms with Crippen LogP contribution in [0.4, 0.5) is 0 Å². The van der Waals surface area contributed by atoms with Crippen LogP contribution in [0.1, 0.15) is 39.5 Å². The molecule has 0 spiro atoms. The molecule has 1 aliphatic rings. The van der Waals surface area contributed by atoms with E-state index in [0.717, 1.165) is 45.6 Å². The Hall–Kier alpha value is -0.650. The molecule has 1 heterocycles. The van der Waals surface area contributed by atoms with Gasteiger partial charge in [0.05, 0.1) is 13.2 Å². The third-order valence-electron chi connectivity index (χ3n) is 3.58. The van der Waals surface area contributed by atoms with E-state index in [1.165, 1.54) is 0 Å². The van der Waals surface area contributed by atoms with Crippen molar-refractivity contribution in [2.45, 2.75) is 45.1 Å². The molecule has 1 rings (SSSR count). The molecule has 0 bridgehead atoms. The van der Waals surface area contributed by atoms with Gasteiger partial charge in [0.2, 0.25) is 0 Å². The van der Waals surface area contributed by atoms with E-state index in [4.69, 9.17) is 9.47 Å². The zero-order valence-electron chi connectivity index (χ0n) is 12.1. The predicted molar refractivity (Wildman–Crippen MR) is 73.3 cm³/mol. The summed E-state index contributed by atoms with van der Waals surface area (Å²) in [6, 6.07) is 0. The van der Waals surface area contributed by atoms with Crippen LogP contribution >= 0.6 is 0 Å². The summed E-state index contributed by atoms with van der Waals surface area (Å²) in [6.45, 7) is 7.48. The molecule has 1 fully saturated rings. The Morgan fingerprint density at radius 1 is 1.58 bits per heavy atom. The van der Waals surface area contributed by atoms with E-state index < -0.39 is 11.5 Å². The van der Waals surface area contributed by atoms with Crippen molar-refractivity contribution in [2.24, 2.45) is 5.92 Å². The summed E-state index contributed by atoms with van der Waals surface area (Å²) in [7, 11) is 0. The first-order chi connectivity index (χ1) is 9.08. The molecule has 0 aromatic heterocycles. The molecular formula is C14H27NO4. The average Bonchev–Trinajstić information content (AvgIpc) is 2.89. The topological polar surface area (TPSA) is 67.8 Å². The molecule has 0 amide bonds. The summed E-state index contributed by atoms with van der Waals surface area (Å²) >= 11 is 0. The Bertz CT molecular complexity index is 266. The number of rotatable bonds is 10. The Kier molecular flexibility index (Phi) is 7.34. The fourth-order valence-corrected chi connectivity index (χ4v) is 2.16. The van der Waals surface area contributed by atoms with Crippen molar-refractivity contribution in [3.8, 4) is 0 Å². The molecule has 2 unspecified atom stereocenters. The van der Waals surface area contributed by atoms with Crippen molar-refractivity contribution in [2.75, 3.05) is 33.0 Å². The van der Waals surface area contributed by atoms with Crippen LogP contribution in [0, 0.1) is 5.92 Å². The Balaban J connectivity index is 2.15. The van der Waals surface area contributed by atoms with E-state index in [1.54, 1.807) is 6.92 Å². The average molecular weight is 273 g/mol. The molecule has 2 atom stereocenters. The van der Waals surface area contributed by atoms with E-state index in [-0.39, 0.29) is 0 Å². The molecule has 1 aliphatic heterocycles. The summed E-state index contributed by atoms with van der Waals surface area (Å²) in [5.74, 6) is -0.269. The first kappa shape index (κ1) is 16.4. The predicted octanol–water partition coefficient (Wildman–Crippen LogP) is 1.66. The van der Waals surface area contributed by atoms with Crippen LogP contribution in [0.5, 0.6) is 0 Å². The van der Waals surface area contributed by atoms with Gasteiger partial charge < -0.3 is 19.9 Å². The largest absolute Gasteiger partial charge is 0.480 e. The van der Waals surface area contributed by atoms with E-state index in [0.29, 0.717) is 18.9 Å². The van der Waals surface area contributed by atoms with Crippen LogP contribution < -0.4 is 5.32 Å². The molecule has 1 saturated heterocycles. The number of carbonyl (C=O) groups is 1. The molecule has 2 N–H and O–H groups in total. The van der Waals surface area contributed by atoms with Crippen molar-refractivity contribution < 1.29 is 19.4 Å². The zero-order valence-corrected chi connectivity index (χ0v) is 12.1. The van der Waals surface area contributed by atoms with Crippen LogP contribution in [0.2, 0.25) is 0 Å². The Labute approximate surface area is 115 Å². The van der Waals surface area contributed by atoms with Crippen molar-refractivity contribution in [1.29, 1.82) is 0 Å². The van der Waals surface area contributed by atoms with Crippen molar-refractivity contribution in [1.82, 2.24) is 5.32 Å². The maximum atomic E-state index is 11.3. The highest BCUT2D eigenvalue weighted by Gasteiger charge is 2.31. The maximum absolute atomic E-state index is 11.3. The molecule has 5 nitrogen and oxygen atoms in total. The summed E-state index contributed by atoms with van der Waals surface area (Å²) in [5, 5.41) is 12.4. The normalized spacial score (nSPS) is 22.3. The molecule has 0 aromatic carbocycles. The van der Waals surface area contributed by atoms with Gasteiger partial charge in [-0.05, 0) is 39.2 Å². The SMILES string of the molecule is CCCNC(C)(CCCOCC1CCOC1)C(=O)O. The van der Waals surface area contributed by atoms with Gasteiger partial charge in [-0.25, -0.2) is 0 Å². The number of hydrogen-bond acceptors (Lipinski definition) is 4. The van der Waals surface area contributed by atoms with E-state index >= 15 is 0 Å². The van der Waals surface area contributed by atoms with Crippen LogP contribution in [0.15, 0.2) is 0 Å². The lowest BCUT2D eigenvalue weighted by Crippen LogP contribution is -2.49. The van der Waals surface area contributed by atoms with Crippen LogP contribution in [0.3, 0.4) is 0 Å². The van der Waals surface area contributed by atoms with Crippen LogP contribution in [0.25, 0.3) is 0 Å². The van der Waals surface area contributed by atoms with Gasteiger partial charge in [-0.15, -0.1) is 0 Å². The minimum Gasteiger partial charge on any atom is -0.480 e. The van der Waals surface area contributed by atoms with Crippen LogP contribution in [-0.4, -0.2) is 49.6 Å². The fraction of sp³-hybridized carbons (Fsp3) is 0.929. The van der Waals surface area contributed by atoms with E-state index in [2.05, 4.69) is 5.32 Å². The molecule has 0 radical (unpaired) electrons. The van der Waals surface area contributed by atoms with Crippen LogP contribution in [-0.2, 0) is 14.3 Å². The first-order valence-corrected chi connectivity index (χ1v) is 7.22. The second kappa shape index (κ2) is 8.51. The van der Waals surface area contributed by atoms with Gasteiger partial charge in [-0.3, -0.25) is 4.79 Å². The highest BCUT2D eigenvalue weighted by atomic mass is 16.5. The number of ether oxygens (including phenoxy) is 2. The number of nitrogens with one attached hydrogen (secondary N) is 1. The lowest BCUT2D eigenvalue weighted by atomic mass is 9.96. The molecule has 0 saturated carbocycles. The van der Waals surface area contributed by atoms with Crippen molar-refractivity contribution in [3.05, 3.63) is 0 Å². The number of aliphatic carboxylic acids is 1. The highest BCUT2D eigenvalue weighted by molar-refractivity contribution is 5.78. The summed E-state index contributed by atoms with van der Waals surface area (Å²) < 4.78 is 10.9. The Morgan fingerprint density at radius 2 is 2.37 bits per heavy atom. The second-order valence-corrected chi connectivity index (χ2v) is 5.47. The first-order valence-electron chi connectivity index (χ1n) is 7.22. The van der Waals surface area contributed by atoms with Gasteiger partial charge in [-0.1, -0.05) is 6.92 Å². The Morgan fingerprint density at radius 3 is 2.95 bits per heavy atom. The van der Waals surface area contributed by atoms with Crippen molar-refractivity contribution in [3.63, 3.8) is 0 Å². The molecular weight excluding hydrogens is 246 g/mol. The highest BCUT2D eigenvalue weighted by Crippen LogP contribution is 2.15. The summed E-state index contributed by atoms with van der Waals surface area (Å²) in [4.78, 5) is 11.3. The van der Waals surface area contributed by atoms with Gasteiger partial charge in [0.1, 0.15) is 5.54 Å². The lowest BCUT2D eigenvalue weighted by molar-refractivity contribution is -0.144. The van der Waals surface area contributed by atoms with Gasteiger partial charge in [0.25, 0.3) is 0 Å². The van der Waals surface area contributed by atoms with Gasteiger partial charge in [0.15, 0.2) is 0 Å². The standard InChI is InChI=1S/C14H27NO4/c1-3-7-15-14(2,13(16)17)6-4-8-18-10-12-5-9-19-11-12/h12,15H,3-11H2,1-2H3,(H,16,17). The molecule has 0 aliphatic carbocycles. The number of hydrogen-bond donors (Lipinski definition) is 2. The van der Waals surface area contributed by atoms with E-state index in [1.807, 2.05) is 6.92 Å². The van der Waals surface area contributed by atoms with Gasteiger partial charge in [0, 0.05) is 19.1 Å². The van der Waals surface area contributed by atoms with Gasteiger partial charge in [-0.2, -0.15) is 0 Å². The maximum Gasteiger partial charge on any atom is 0.323 e. The quantitative estimate of drug-likeness (QED) is 0.593. The molecule has 19 heavy (non-hydrogen) atoms. The minimum atomic E-state index is -0.837. The molecule has 5 heteroatoms. The third-order valence-corrected chi connectivity index (χ3v) is 3.58. The van der Waals surface area contributed by atoms with Crippen molar-refractivity contribution >= 4 is 5.97 Å². The third kappa shape index (κ3) is 5.89. The minimum absolute atomic E-state index is 0.518. The lowest BCUT2D eigenvalue weighted by Gasteiger charge is -2.26. The second-order valence-electron chi connectivity index (χ2n) is 5.47. The number of carboxylic acids is 1. The fourth-order valence-electron chi connectivity index (χ4n) is 2.16. The monoisotopic (exact) mass is 273 g/mol. The zero-order chi connectivity index (χ0) is 14.1. The van der Waals surface area contributed by atoms with E-state index in [9.17, 15) is 9.90 Å². The molecule has 0 aromatic rings. The summed E-state index contributed by atoms with van der Waals surface area (Å²) in [6.07, 6.45) is 3.35. The van der Waals surface area contributed by atoms with Gasteiger partial charge >= 0.3 is 5.97 Å².